The molecule has 0 amide bonds. The molecule has 0 bridgehead atoms. The van der Waals surface area contributed by atoms with Crippen LogP contribution in [0.25, 0.3) is 0 Å². The van der Waals surface area contributed by atoms with Crippen LogP contribution in [0.4, 0.5) is 0 Å². The monoisotopic (exact) mass is 193 g/mol. The molecule has 0 saturated heterocycles. The van der Waals surface area contributed by atoms with Gasteiger partial charge in [-0.05, 0) is 13.0 Å². The van der Waals surface area contributed by atoms with Gasteiger partial charge in [-0.1, -0.05) is 6.92 Å². The first-order valence-electron chi connectivity index (χ1n) is 3.78. The van der Waals surface area contributed by atoms with Crippen molar-refractivity contribution in [2.45, 2.75) is 18.6 Å². The van der Waals surface area contributed by atoms with Gasteiger partial charge >= 0.3 is 5.97 Å². The Morgan fingerprint density at radius 1 is 1.67 bits per heavy atom. The summed E-state index contributed by atoms with van der Waals surface area (Å²) in [5.41, 5.74) is 0. The molecule has 0 aliphatic carbocycles. The summed E-state index contributed by atoms with van der Waals surface area (Å²) in [6.07, 6.45) is 2.40. The van der Waals surface area contributed by atoms with Gasteiger partial charge in [0, 0.05) is 22.3 Å². The second-order valence-electron chi connectivity index (χ2n) is 2.67. The molecule has 0 fully saturated rings. The zero-order valence-corrected chi connectivity index (χ0v) is 8.19. The Labute approximate surface area is 74.8 Å². The summed E-state index contributed by atoms with van der Waals surface area (Å²) in [6.45, 7) is 2.47. The van der Waals surface area contributed by atoms with Gasteiger partial charge in [-0.25, -0.2) is 0 Å². The molecular weight excluding hydrogens is 178 g/mol. The van der Waals surface area contributed by atoms with E-state index in [1.54, 1.807) is 6.26 Å². The first-order valence-corrected chi connectivity index (χ1v) is 5.41. The van der Waals surface area contributed by atoms with E-state index >= 15 is 0 Å². The normalized spacial score (nSPS) is 15.5. The Morgan fingerprint density at radius 3 is 2.67 bits per heavy atom. The summed E-state index contributed by atoms with van der Waals surface area (Å²) in [7, 11) is -0.812. The van der Waals surface area contributed by atoms with Gasteiger partial charge < -0.3 is 10.4 Å². The maximum Gasteiger partial charge on any atom is 0.317 e. The van der Waals surface area contributed by atoms with E-state index in [0.717, 1.165) is 6.42 Å². The van der Waals surface area contributed by atoms with E-state index in [-0.39, 0.29) is 11.8 Å². The molecule has 0 aliphatic heterocycles. The van der Waals surface area contributed by atoms with Gasteiger partial charge in [-0.2, -0.15) is 0 Å². The minimum absolute atomic E-state index is 0.0247. The van der Waals surface area contributed by atoms with Crippen molar-refractivity contribution in [1.82, 2.24) is 5.32 Å². The van der Waals surface area contributed by atoms with Crippen molar-refractivity contribution in [3.63, 3.8) is 0 Å². The van der Waals surface area contributed by atoms with E-state index in [0.29, 0.717) is 6.54 Å². The van der Waals surface area contributed by atoms with E-state index in [9.17, 15) is 9.00 Å². The Bertz CT molecular complexity index is 172. The molecule has 0 aliphatic rings. The van der Waals surface area contributed by atoms with E-state index in [4.69, 9.17) is 5.11 Å². The molecule has 0 aromatic rings. The molecule has 0 radical (unpaired) electrons. The first-order chi connectivity index (χ1) is 5.54. The molecule has 0 saturated carbocycles. The topological polar surface area (TPSA) is 66.4 Å². The van der Waals surface area contributed by atoms with Crippen molar-refractivity contribution in [2.75, 3.05) is 19.3 Å². The number of hydrogen-bond acceptors (Lipinski definition) is 3. The van der Waals surface area contributed by atoms with Crippen LogP contribution in [0.15, 0.2) is 0 Å². The maximum absolute atomic E-state index is 10.8. The predicted octanol–water partition coefficient (Wildman–Crippen LogP) is -0.182. The Balaban J connectivity index is 3.31. The molecule has 2 atom stereocenters. The Hall–Kier alpha value is -0.420. The lowest BCUT2D eigenvalue weighted by molar-refractivity contribution is -0.135. The highest BCUT2D eigenvalue weighted by atomic mass is 32.2. The number of nitrogens with one attached hydrogen (secondary N) is 1. The number of hydrogen-bond donors (Lipinski definition) is 2. The summed E-state index contributed by atoms with van der Waals surface area (Å²) in [6, 6.07) is 0. The fourth-order valence-corrected chi connectivity index (χ4v) is 1.12. The van der Waals surface area contributed by atoms with Crippen LogP contribution in [0.2, 0.25) is 0 Å². The van der Waals surface area contributed by atoms with Crippen LogP contribution in [0.3, 0.4) is 0 Å². The van der Waals surface area contributed by atoms with Crippen molar-refractivity contribution in [1.29, 1.82) is 0 Å². The van der Waals surface area contributed by atoms with E-state index in [2.05, 4.69) is 5.32 Å². The number of carboxylic acid groups (broad SMARTS) is 1. The number of carboxylic acids is 1. The summed E-state index contributed by atoms with van der Waals surface area (Å²) >= 11 is 0. The van der Waals surface area contributed by atoms with E-state index < -0.39 is 16.8 Å². The van der Waals surface area contributed by atoms with Gasteiger partial charge in [-0.15, -0.1) is 0 Å². The molecule has 0 heterocycles. The highest BCUT2D eigenvalue weighted by Gasteiger charge is 2.05. The Morgan fingerprint density at radius 2 is 2.25 bits per heavy atom. The summed E-state index contributed by atoms with van der Waals surface area (Å²) < 4.78 is 10.8. The summed E-state index contributed by atoms with van der Waals surface area (Å²) in [5, 5.41) is 11.1. The molecule has 12 heavy (non-hydrogen) atoms. The van der Waals surface area contributed by atoms with Gasteiger partial charge in [-0.3, -0.25) is 9.00 Å². The standard InChI is InChI=1S/C7H15NO3S/c1-6(12(2)11)3-4-8-5-7(9)10/h6,8H,3-5H2,1-2H3,(H,9,10). The highest BCUT2D eigenvalue weighted by Crippen LogP contribution is 1.96. The molecule has 2 N–H and O–H groups in total. The third-order valence-electron chi connectivity index (χ3n) is 1.57. The molecule has 72 valence electrons. The van der Waals surface area contributed by atoms with Crippen LogP contribution in [0.5, 0.6) is 0 Å². The van der Waals surface area contributed by atoms with Crippen molar-refractivity contribution in [2.24, 2.45) is 0 Å². The Kier molecular flexibility index (Phi) is 5.92. The largest absolute Gasteiger partial charge is 0.480 e. The first kappa shape index (κ1) is 11.6. The average molecular weight is 193 g/mol. The van der Waals surface area contributed by atoms with Crippen molar-refractivity contribution in [3.05, 3.63) is 0 Å². The van der Waals surface area contributed by atoms with Crippen LogP contribution < -0.4 is 5.32 Å². The fraction of sp³-hybridized carbons (Fsp3) is 0.857. The van der Waals surface area contributed by atoms with Gasteiger partial charge in [0.1, 0.15) is 0 Å². The van der Waals surface area contributed by atoms with Crippen LogP contribution in [0, 0.1) is 0 Å². The zero-order chi connectivity index (χ0) is 9.56. The molecule has 0 aromatic heterocycles. The van der Waals surface area contributed by atoms with Crippen molar-refractivity contribution in [3.8, 4) is 0 Å². The van der Waals surface area contributed by atoms with E-state index in [1.165, 1.54) is 0 Å². The number of aliphatic carboxylic acids is 1. The second-order valence-corrected chi connectivity index (χ2v) is 4.47. The van der Waals surface area contributed by atoms with Crippen molar-refractivity contribution >= 4 is 16.8 Å². The van der Waals surface area contributed by atoms with Crippen LogP contribution in [-0.4, -0.2) is 39.9 Å². The summed E-state index contributed by atoms with van der Waals surface area (Å²) in [4.78, 5) is 10.1. The summed E-state index contributed by atoms with van der Waals surface area (Å²) in [5.74, 6) is -0.861. The molecule has 4 nitrogen and oxygen atoms in total. The minimum Gasteiger partial charge on any atom is -0.480 e. The van der Waals surface area contributed by atoms with Crippen molar-refractivity contribution < 1.29 is 14.1 Å². The molecule has 2 unspecified atom stereocenters. The van der Waals surface area contributed by atoms with E-state index in [1.807, 2.05) is 6.92 Å². The molecule has 0 aromatic carbocycles. The fourth-order valence-electron chi connectivity index (χ4n) is 0.667. The molecule has 0 rings (SSSR count). The quantitative estimate of drug-likeness (QED) is 0.574. The van der Waals surface area contributed by atoms with Crippen LogP contribution >= 0.6 is 0 Å². The lowest BCUT2D eigenvalue weighted by Crippen LogP contribution is -2.26. The van der Waals surface area contributed by atoms with Gasteiger partial charge in [0.05, 0.1) is 6.54 Å². The van der Waals surface area contributed by atoms with Crippen LogP contribution in [0.1, 0.15) is 13.3 Å². The number of carbonyl (C=O) groups is 1. The zero-order valence-electron chi connectivity index (χ0n) is 7.37. The van der Waals surface area contributed by atoms with Gasteiger partial charge in [0.25, 0.3) is 0 Å². The molecule has 5 heteroatoms. The third kappa shape index (κ3) is 6.30. The molecular formula is C7H15NO3S. The van der Waals surface area contributed by atoms with Gasteiger partial charge in [0.2, 0.25) is 0 Å². The minimum atomic E-state index is -0.861. The predicted molar refractivity (Wildman–Crippen MR) is 48.7 cm³/mol. The van der Waals surface area contributed by atoms with Crippen LogP contribution in [-0.2, 0) is 15.6 Å². The second kappa shape index (κ2) is 6.14. The average Bonchev–Trinajstić information content (AvgIpc) is 1.97. The molecule has 0 spiro atoms. The SMILES string of the molecule is CC(CCNCC(=O)O)S(C)=O. The van der Waals surface area contributed by atoms with Gasteiger partial charge in [0.15, 0.2) is 0 Å². The number of rotatable bonds is 6. The third-order valence-corrected chi connectivity index (χ3v) is 2.94. The highest BCUT2D eigenvalue weighted by molar-refractivity contribution is 7.84. The smallest absolute Gasteiger partial charge is 0.317 e. The lowest BCUT2D eigenvalue weighted by atomic mass is 10.3. The lowest BCUT2D eigenvalue weighted by Gasteiger charge is -2.07. The maximum atomic E-state index is 10.8.